The number of hydrogen-bond acceptors (Lipinski definition) is 2. The second-order valence-electron chi connectivity index (χ2n) is 6.84. The minimum atomic E-state index is 0.0362. The summed E-state index contributed by atoms with van der Waals surface area (Å²) < 4.78 is 7.61. The highest BCUT2D eigenvalue weighted by Gasteiger charge is 2.30. The van der Waals surface area contributed by atoms with Gasteiger partial charge in [0.05, 0.1) is 13.2 Å². The molecule has 144 valence electrons. The van der Waals surface area contributed by atoms with E-state index >= 15 is 0 Å². The topological polar surface area (TPSA) is 29.4 Å². The Bertz CT molecular complexity index is 999. The van der Waals surface area contributed by atoms with E-state index < -0.39 is 0 Å². The fraction of sp³-hybridized carbons (Fsp3) is 0.227. The van der Waals surface area contributed by atoms with Crippen LogP contribution in [0.4, 0.5) is 5.69 Å². The number of halogens is 1. The number of benzene rings is 2. The van der Waals surface area contributed by atoms with Crippen molar-refractivity contribution < 1.29 is 4.74 Å². The van der Waals surface area contributed by atoms with Crippen LogP contribution in [0.2, 0.25) is 5.02 Å². The Morgan fingerprint density at radius 3 is 2.64 bits per heavy atom. The maximum Gasteiger partial charge on any atom is 0.174 e. The number of aromatic nitrogens is 1. The molecule has 6 heteroatoms. The van der Waals surface area contributed by atoms with Crippen LogP contribution in [0.3, 0.4) is 0 Å². The number of rotatable bonds is 3. The molecule has 1 N–H and O–H groups in total. The van der Waals surface area contributed by atoms with E-state index in [-0.39, 0.29) is 6.04 Å². The van der Waals surface area contributed by atoms with Crippen LogP contribution in [0.15, 0.2) is 60.8 Å². The fourth-order valence-electron chi connectivity index (χ4n) is 3.67. The minimum absolute atomic E-state index is 0.0362. The first-order chi connectivity index (χ1) is 13.6. The summed E-state index contributed by atoms with van der Waals surface area (Å²) in [6.07, 6.45) is 2.13. The lowest BCUT2D eigenvalue weighted by atomic mass is 10.00. The second kappa shape index (κ2) is 7.86. The highest BCUT2D eigenvalue weighted by Crippen LogP contribution is 2.34. The van der Waals surface area contributed by atoms with E-state index in [1.54, 1.807) is 7.11 Å². The van der Waals surface area contributed by atoms with Gasteiger partial charge in [0, 0.05) is 35.7 Å². The maximum atomic E-state index is 6.28. The Balaban J connectivity index is 1.68. The van der Waals surface area contributed by atoms with Crippen LogP contribution in [-0.4, -0.2) is 28.2 Å². The van der Waals surface area contributed by atoms with E-state index in [0.29, 0.717) is 5.11 Å². The van der Waals surface area contributed by atoms with Crippen LogP contribution in [0, 0.1) is 6.92 Å². The van der Waals surface area contributed by atoms with Crippen molar-refractivity contribution in [2.75, 3.05) is 19.0 Å². The quantitative estimate of drug-likeness (QED) is 0.595. The lowest BCUT2D eigenvalue weighted by Crippen LogP contribution is -2.44. The van der Waals surface area contributed by atoms with Crippen molar-refractivity contribution in [1.29, 1.82) is 0 Å². The zero-order valence-corrected chi connectivity index (χ0v) is 17.4. The zero-order chi connectivity index (χ0) is 19.7. The van der Waals surface area contributed by atoms with Gasteiger partial charge in [0.25, 0.3) is 0 Å². The Kier molecular flexibility index (Phi) is 5.29. The second-order valence-corrected chi connectivity index (χ2v) is 7.63. The van der Waals surface area contributed by atoms with Gasteiger partial charge >= 0.3 is 0 Å². The molecule has 4 nitrogen and oxygen atoms in total. The van der Waals surface area contributed by atoms with Crippen molar-refractivity contribution in [3.8, 4) is 5.75 Å². The summed E-state index contributed by atoms with van der Waals surface area (Å²) in [4.78, 5) is 2.24. The molecule has 0 fully saturated rings. The number of thiocarbonyl (C=S) groups is 1. The Morgan fingerprint density at radius 2 is 1.89 bits per heavy atom. The molecule has 0 saturated heterocycles. The van der Waals surface area contributed by atoms with Gasteiger partial charge in [-0.2, -0.15) is 0 Å². The maximum absolute atomic E-state index is 6.28. The number of anilines is 1. The van der Waals surface area contributed by atoms with Gasteiger partial charge in [-0.25, -0.2) is 0 Å². The summed E-state index contributed by atoms with van der Waals surface area (Å²) in [5, 5.41) is 4.83. The SMILES string of the molecule is COc1ccc([C@@H]2c3cccn3CCN2C(=S)Nc2cccc(Cl)c2C)cc1. The van der Waals surface area contributed by atoms with Crippen molar-refractivity contribution in [1.82, 2.24) is 9.47 Å². The average Bonchev–Trinajstić information content (AvgIpc) is 3.19. The third-order valence-electron chi connectivity index (χ3n) is 5.24. The van der Waals surface area contributed by atoms with Gasteiger partial charge in [-0.05, 0) is 66.7 Å². The summed E-state index contributed by atoms with van der Waals surface area (Å²) in [6.45, 7) is 3.71. The third-order valence-corrected chi connectivity index (χ3v) is 5.99. The predicted molar refractivity (Wildman–Crippen MR) is 118 cm³/mol. The summed E-state index contributed by atoms with van der Waals surface area (Å²) in [5.74, 6) is 0.844. The molecule has 2 aromatic carbocycles. The minimum Gasteiger partial charge on any atom is -0.497 e. The molecular weight excluding hydrogens is 390 g/mol. The number of nitrogens with zero attached hydrogens (tertiary/aromatic N) is 2. The molecule has 4 rings (SSSR count). The van der Waals surface area contributed by atoms with Crippen molar-refractivity contribution in [2.24, 2.45) is 0 Å². The molecule has 1 aromatic heterocycles. The molecule has 0 aliphatic carbocycles. The molecule has 0 unspecified atom stereocenters. The number of nitrogens with one attached hydrogen (secondary N) is 1. The van der Waals surface area contributed by atoms with Crippen molar-refractivity contribution in [3.63, 3.8) is 0 Å². The Morgan fingerprint density at radius 1 is 1.11 bits per heavy atom. The molecule has 1 aliphatic heterocycles. The van der Waals surface area contributed by atoms with Crippen LogP contribution >= 0.6 is 23.8 Å². The number of hydrogen-bond donors (Lipinski definition) is 1. The monoisotopic (exact) mass is 411 g/mol. The highest BCUT2D eigenvalue weighted by atomic mass is 35.5. The van der Waals surface area contributed by atoms with Crippen molar-refractivity contribution >= 4 is 34.6 Å². The molecule has 1 atom stereocenters. The summed E-state index contributed by atoms with van der Waals surface area (Å²) >= 11 is 12.1. The van der Waals surface area contributed by atoms with E-state index in [1.807, 2.05) is 37.3 Å². The molecule has 1 aliphatic rings. The van der Waals surface area contributed by atoms with Gasteiger partial charge in [-0.1, -0.05) is 29.8 Å². The molecule has 3 aromatic rings. The normalized spacial score (nSPS) is 15.8. The van der Waals surface area contributed by atoms with Gasteiger partial charge < -0.3 is 19.5 Å². The standard InChI is InChI=1S/C22H22ClN3OS/c1-15-18(23)5-3-6-19(15)24-22(28)26-14-13-25-12-4-7-20(25)21(26)16-8-10-17(27-2)11-9-16/h3-12,21H,13-14H2,1-2H3,(H,24,28)/t21-/m1/s1. The first-order valence-corrected chi connectivity index (χ1v) is 9.99. The van der Waals surface area contributed by atoms with E-state index in [1.165, 1.54) is 11.3 Å². The van der Waals surface area contributed by atoms with E-state index in [4.69, 9.17) is 28.6 Å². The average molecular weight is 412 g/mol. The van der Waals surface area contributed by atoms with E-state index in [9.17, 15) is 0 Å². The predicted octanol–water partition coefficient (Wildman–Crippen LogP) is 5.26. The van der Waals surface area contributed by atoms with Crippen LogP contribution < -0.4 is 10.1 Å². The van der Waals surface area contributed by atoms with Gasteiger partial charge in [0.2, 0.25) is 0 Å². The van der Waals surface area contributed by atoms with Crippen LogP contribution in [0.1, 0.15) is 22.9 Å². The summed E-state index contributed by atoms with van der Waals surface area (Å²) in [5.41, 5.74) is 4.33. The van der Waals surface area contributed by atoms with Gasteiger partial charge in [-0.15, -0.1) is 0 Å². The summed E-state index contributed by atoms with van der Waals surface area (Å²) in [6, 6.07) is 18.3. The molecule has 0 spiro atoms. The Hall–Kier alpha value is -2.50. The molecular formula is C22H22ClN3OS. The van der Waals surface area contributed by atoms with Gasteiger partial charge in [0.1, 0.15) is 5.75 Å². The lowest BCUT2D eigenvalue weighted by molar-refractivity contribution is 0.293. The summed E-state index contributed by atoms with van der Waals surface area (Å²) in [7, 11) is 1.68. The zero-order valence-electron chi connectivity index (χ0n) is 15.9. The van der Waals surface area contributed by atoms with E-state index in [2.05, 4.69) is 45.2 Å². The molecule has 2 heterocycles. The molecule has 28 heavy (non-hydrogen) atoms. The first-order valence-electron chi connectivity index (χ1n) is 9.20. The molecule has 0 radical (unpaired) electrons. The highest BCUT2D eigenvalue weighted by molar-refractivity contribution is 7.80. The van der Waals surface area contributed by atoms with Crippen molar-refractivity contribution in [2.45, 2.75) is 19.5 Å². The van der Waals surface area contributed by atoms with E-state index in [0.717, 1.165) is 35.1 Å². The first kappa shape index (κ1) is 18.8. The fourth-order valence-corrected chi connectivity index (χ4v) is 4.15. The van der Waals surface area contributed by atoms with Crippen LogP contribution in [-0.2, 0) is 6.54 Å². The largest absolute Gasteiger partial charge is 0.497 e. The van der Waals surface area contributed by atoms with Crippen molar-refractivity contribution in [3.05, 3.63) is 82.6 Å². The van der Waals surface area contributed by atoms with Crippen LogP contribution in [0.25, 0.3) is 0 Å². The smallest absolute Gasteiger partial charge is 0.174 e. The van der Waals surface area contributed by atoms with Gasteiger partial charge in [0.15, 0.2) is 5.11 Å². The Labute approximate surface area is 175 Å². The molecule has 0 bridgehead atoms. The molecule has 0 saturated carbocycles. The number of ether oxygens (including phenoxy) is 1. The lowest BCUT2D eigenvalue weighted by Gasteiger charge is -2.39. The third kappa shape index (κ3) is 3.48. The molecule has 0 amide bonds. The number of fused-ring (bicyclic) bond motifs is 1. The van der Waals surface area contributed by atoms with Gasteiger partial charge in [-0.3, -0.25) is 0 Å². The number of methoxy groups -OCH3 is 1. The van der Waals surface area contributed by atoms with Crippen LogP contribution in [0.5, 0.6) is 5.75 Å².